The van der Waals surface area contributed by atoms with Crippen molar-refractivity contribution in [3.8, 4) is 0 Å². The van der Waals surface area contributed by atoms with Crippen LogP contribution in [0.5, 0.6) is 0 Å². The number of nitrogens with zero attached hydrogens (tertiary/aromatic N) is 5. The second-order valence-corrected chi connectivity index (χ2v) is 9.68. The van der Waals surface area contributed by atoms with E-state index >= 15 is 0 Å². The smallest absolute Gasteiger partial charge is 0.362 e. The van der Waals surface area contributed by atoms with Crippen LogP contribution in [0.1, 0.15) is 11.4 Å². The van der Waals surface area contributed by atoms with Gasteiger partial charge in [-0.1, -0.05) is 10.3 Å². The minimum Gasteiger partial charge on any atom is -0.458 e. The Labute approximate surface area is 210 Å². The fourth-order valence-corrected chi connectivity index (χ4v) is 4.89. The molecule has 0 bridgehead atoms. The van der Waals surface area contributed by atoms with Gasteiger partial charge in [-0.3, -0.25) is 14.1 Å². The minimum atomic E-state index is -5.06. The van der Waals surface area contributed by atoms with Crippen LogP contribution in [-0.2, 0) is 39.1 Å². The minimum absolute atomic E-state index is 0.0217. The molecule has 0 radical (unpaired) electrons. The number of thiazole rings is 2. The van der Waals surface area contributed by atoms with E-state index in [2.05, 4.69) is 35.3 Å². The van der Waals surface area contributed by atoms with Gasteiger partial charge in [0.05, 0.1) is 0 Å². The van der Waals surface area contributed by atoms with Crippen molar-refractivity contribution >= 4 is 72.4 Å². The first kappa shape index (κ1) is 26.7. The fraction of sp³-hybridized carbons (Fsp3) is 0.312. The molecular weight excluding hydrogens is 544 g/mol. The van der Waals surface area contributed by atoms with E-state index in [1.165, 1.54) is 10.8 Å². The molecule has 36 heavy (non-hydrogen) atoms. The molecular formula is C16H18N8O9S3. The number of hydrogen-bond acceptors (Lipinski definition) is 16. The average molecular weight is 563 g/mol. The maximum atomic E-state index is 12.8. The average Bonchev–Trinajstić information content (AvgIpc) is 3.43. The Morgan fingerprint density at radius 3 is 2.11 bits per heavy atom. The lowest BCUT2D eigenvalue weighted by molar-refractivity contribution is -0.152. The van der Waals surface area contributed by atoms with E-state index in [0.717, 1.165) is 36.9 Å². The van der Waals surface area contributed by atoms with Gasteiger partial charge in [0.2, 0.25) is 5.71 Å². The number of carbonyl (C=O) groups excluding carboxylic acids is 3. The molecule has 0 saturated carbocycles. The van der Waals surface area contributed by atoms with Crippen LogP contribution in [0.2, 0.25) is 0 Å². The number of amides is 2. The molecule has 1 aliphatic rings. The number of nitrogen functional groups attached to an aromatic ring is 2. The second-order valence-electron chi connectivity index (χ2n) is 6.62. The van der Waals surface area contributed by atoms with E-state index in [9.17, 15) is 27.4 Å². The summed E-state index contributed by atoms with van der Waals surface area (Å²) in [6.45, 7) is -0.780. The molecule has 2 aromatic heterocycles. The first-order valence-corrected chi connectivity index (χ1v) is 12.6. The second kappa shape index (κ2) is 10.8. The maximum Gasteiger partial charge on any atom is 0.362 e. The van der Waals surface area contributed by atoms with Crippen molar-refractivity contribution < 1.29 is 41.8 Å². The Hall–Kier alpha value is -3.88. The Morgan fingerprint density at radius 2 is 1.64 bits per heavy atom. The summed E-state index contributed by atoms with van der Waals surface area (Å²) in [5.74, 6) is -3.28. The van der Waals surface area contributed by atoms with E-state index in [4.69, 9.17) is 16.2 Å². The van der Waals surface area contributed by atoms with Crippen LogP contribution in [0, 0.1) is 0 Å². The SMILES string of the molecule is CO/N=C(\C(=O)N[C@@H]1C(=O)N(S(=O)(=O)O)[C@@H]1COC(=O)/C(=N\OC)c1csc(N)n1)c1csc(N)n1. The third-order valence-corrected chi connectivity index (χ3v) is 6.69. The molecule has 6 N–H and O–H groups in total. The lowest BCUT2D eigenvalue weighted by Crippen LogP contribution is -2.73. The standard InChI is InChI=1S/C16H18N8O9S3/c1-31-22-9(6-4-34-15(17)19-6)12(25)21-11-8(24(13(11)26)36(28,29)30)3-33-14(27)10(23-32-2)7-5-35-16(18)20-7/h4-5,8,11H,3H2,1-2H3,(H2,17,19)(H2,18,20)(H,21,25)(H,28,29,30)/b22-9-,23-10-/t8-,11+/m1/s1. The molecule has 1 saturated heterocycles. The zero-order valence-electron chi connectivity index (χ0n) is 18.3. The van der Waals surface area contributed by atoms with Gasteiger partial charge in [0, 0.05) is 10.8 Å². The van der Waals surface area contributed by atoms with Crippen molar-refractivity contribution in [1.29, 1.82) is 0 Å². The third-order valence-electron chi connectivity index (χ3n) is 4.39. The monoisotopic (exact) mass is 562 g/mol. The molecule has 2 atom stereocenters. The van der Waals surface area contributed by atoms with E-state index in [-0.39, 0.29) is 31.7 Å². The maximum absolute atomic E-state index is 12.8. The zero-order valence-corrected chi connectivity index (χ0v) is 20.8. The number of anilines is 2. The normalized spacial score (nSPS) is 18.4. The van der Waals surface area contributed by atoms with Crippen molar-refractivity contribution in [3.05, 3.63) is 22.1 Å². The summed E-state index contributed by atoms with van der Waals surface area (Å²) in [7, 11) is -2.74. The number of β-lactam (4-membered cyclic amide) rings is 1. The number of esters is 1. The number of hydrogen-bond donors (Lipinski definition) is 4. The van der Waals surface area contributed by atoms with Crippen LogP contribution in [0.25, 0.3) is 0 Å². The Balaban J connectivity index is 1.79. The number of rotatable bonds is 10. The number of oxime groups is 2. The van der Waals surface area contributed by atoms with Gasteiger partial charge in [0.1, 0.15) is 44.3 Å². The van der Waals surface area contributed by atoms with Crippen molar-refractivity contribution in [3.63, 3.8) is 0 Å². The van der Waals surface area contributed by atoms with Crippen LogP contribution in [-0.4, -0.2) is 89.4 Å². The highest BCUT2D eigenvalue weighted by Crippen LogP contribution is 2.25. The number of aromatic nitrogens is 2. The quantitative estimate of drug-likeness (QED) is 0.0821. The molecule has 2 aromatic rings. The summed E-state index contributed by atoms with van der Waals surface area (Å²) >= 11 is 2.02. The largest absolute Gasteiger partial charge is 0.458 e. The molecule has 0 unspecified atom stereocenters. The van der Waals surface area contributed by atoms with E-state index in [1.807, 2.05) is 0 Å². The van der Waals surface area contributed by atoms with Crippen LogP contribution in [0.3, 0.4) is 0 Å². The predicted octanol–water partition coefficient (Wildman–Crippen LogP) is -1.79. The van der Waals surface area contributed by atoms with Gasteiger partial charge in [-0.25, -0.2) is 19.1 Å². The van der Waals surface area contributed by atoms with Gasteiger partial charge in [0.25, 0.3) is 11.8 Å². The van der Waals surface area contributed by atoms with Gasteiger partial charge in [-0.2, -0.15) is 8.42 Å². The molecule has 1 fully saturated rings. The summed E-state index contributed by atoms with van der Waals surface area (Å²) < 4.78 is 38.0. The summed E-state index contributed by atoms with van der Waals surface area (Å²) in [5, 5.41) is 12.4. The molecule has 3 heterocycles. The van der Waals surface area contributed by atoms with Crippen molar-refractivity contribution in [2.75, 3.05) is 32.3 Å². The summed E-state index contributed by atoms with van der Waals surface area (Å²) in [6.07, 6.45) is 0. The summed E-state index contributed by atoms with van der Waals surface area (Å²) in [4.78, 5) is 54.8. The van der Waals surface area contributed by atoms with Gasteiger partial charge in [-0.15, -0.1) is 22.7 Å². The highest BCUT2D eigenvalue weighted by Gasteiger charge is 2.55. The van der Waals surface area contributed by atoms with Crippen LogP contribution < -0.4 is 16.8 Å². The first-order valence-electron chi connectivity index (χ1n) is 9.41. The van der Waals surface area contributed by atoms with Crippen molar-refractivity contribution in [2.45, 2.75) is 12.1 Å². The Kier molecular flexibility index (Phi) is 8.02. The molecule has 1 aliphatic heterocycles. The zero-order chi connectivity index (χ0) is 26.6. The molecule has 20 heteroatoms. The van der Waals surface area contributed by atoms with E-state index in [0.29, 0.717) is 0 Å². The number of nitrogens with one attached hydrogen (secondary N) is 1. The van der Waals surface area contributed by atoms with Crippen LogP contribution in [0.4, 0.5) is 10.3 Å². The Bertz CT molecular complexity index is 1340. The molecule has 17 nitrogen and oxygen atoms in total. The van der Waals surface area contributed by atoms with Crippen molar-refractivity contribution in [1.82, 2.24) is 19.6 Å². The number of nitrogens with two attached hydrogens (primary N) is 2. The predicted molar refractivity (Wildman–Crippen MR) is 125 cm³/mol. The molecule has 2 amide bonds. The lowest BCUT2D eigenvalue weighted by Gasteiger charge is -2.43. The highest BCUT2D eigenvalue weighted by molar-refractivity contribution is 7.84. The molecule has 0 spiro atoms. The topological polar surface area (TPSA) is 251 Å². The van der Waals surface area contributed by atoms with Gasteiger partial charge >= 0.3 is 16.3 Å². The fourth-order valence-electron chi connectivity index (χ4n) is 2.93. The number of ether oxygens (including phenoxy) is 1. The van der Waals surface area contributed by atoms with Gasteiger partial charge in [-0.05, 0) is 0 Å². The van der Waals surface area contributed by atoms with E-state index in [1.54, 1.807) is 0 Å². The third kappa shape index (κ3) is 5.67. The van der Waals surface area contributed by atoms with Crippen LogP contribution in [0.15, 0.2) is 21.1 Å². The molecule has 0 aromatic carbocycles. The molecule has 0 aliphatic carbocycles. The summed E-state index contributed by atoms with van der Waals surface area (Å²) in [5.41, 5.74) is 10.4. The van der Waals surface area contributed by atoms with Crippen molar-refractivity contribution in [2.24, 2.45) is 10.3 Å². The van der Waals surface area contributed by atoms with Crippen LogP contribution >= 0.6 is 22.7 Å². The number of carbonyl (C=O) groups is 3. The first-order chi connectivity index (χ1) is 17.0. The Morgan fingerprint density at radius 1 is 1.11 bits per heavy atom. The van der Waals surface area contributed by atoms with Gasteiger partial charge in [0.15, 0.2) is 16.0 Å². The summed E-state index contributed by atoms with van der Waals surface area (Å²) in [6, 6.07) is -3.06. The highest BCUT2D eigenvalue weighted by atomic mass is 32.2. The molecule has 3 rings (SSSR count). The molecule has 194 valence electrons. The lowest BCUT2D eigenvalue weighted by atomic mass is 9.99. The van der Waals surface area contributed by atoms with Gasteiger partial charge < -0.3 is 31.2 Å². The van der Waals surface area contributed by atoms with E-state index < -0.39 is 52.5 Å².